The number of halogens is 1. The number of methoxy groups -OCH3 is 3. The zero-order valence-electron chi connectivity index (χ0n) is 17.1. The molecule has 1 aromatic heterocycles. The van der Waals surface area contributed by atoms with Crippen LogP contribution in [-0.2, 0) is 0 Å². The van der Waals surface area contributed by atoms with Gasteiger partial charge < -0.3 is 24.8 Å². The van der Waals surface area contributed by atoms with Crippen molar-refractivity contribution < 1.29 is 19.0 Å². The zero-order valence-corrected chi connectivity index (χ0v) is 17.9. The van der Waals surface area contributed by atoms with Crippen LogP contribution in [0.4, 0.5) is 0 Å². The smallest absolute Gasteiger partial charge is 0.273 e. The van der Waals surface area contributed by atoms with Crippen molar-refractivity contribution in [2.45, 2.75) is 31.8 Å². The number of piperidine rings is 1. The second-order valence-electron chi connectivity index (χ2n) is 6.72. The second-order valence-corrected chi connectivity index (χ2v) is 6.72. The average Bonchev–Trinajstić information content (AvgIpc) is 3.23. The molecule has 0 saturated carbocycles. The first-order valence-electron chi connectivity index (χ1n) is 9.30. The summed E-state index contributed by atoms with van der Waals surface area (Å²) < 4.78 is 17.9. The second kappa shape index (κ2) is 10.3. The molecule has 3 rings (SSSR count). The number of nitrogens with zero attached hydrogens (tertiary/aromatic N) is 3. The first kappa shape index (κ1) is 22.8. The molecule has 2 aromatic rings. The minimum atomic E-state index is -0.287. The van der Waals surface area contributed by atoms with Crippen molar-refractivity contribution in [1.29, 1.82) is 0 Å². The van der Waals surface area contributed by atoms with E-state index in [1.54, 1.807) is 32.2 Å². The van der Waals surface area contributed by atoms with Crippen LogP contribution in [0.1, 0.15) is 47.9 Å². The van der Waals surface area contributed by atoms with E-state index in [2.05, 4.69) is 20.9 Å². The quantitative estimate of drug-likeness (QED) is 0.701. The predicted octanol–water partition coefficient (Wildman–Crippen LogP) is 2.14. The fraction of sp³-hybridized carbons (Fsp3) is 0.526. The molecule has 1 amide bonds. The summed E-state index contributed by atoms with van der Waals surface area (Å²) in [6.45, 7) is 3.78. The fourth-order valence-corrected chi connectivity index (χ4v) is 3.34. The molecule has 10 heteroatoms. The van der Waals surface area contributed by atoms with Crippen LogP contribution < -0.4 is 24.8 Å². The van der Waals surface area contributed by atoms with Crippen molar-refractivity contribution in [3.63, 3.8) is 0 Å². The van der Waals surface area contributed by atoms with Gasteiger partial charge >= 0.3 is 0 Å². The highest BCUT2D eigenvalue weighted by Crippen LogP contribution is 2.39. The van der Waals surface area contributed by atoms with Gasteiger partial charge in [-0.25, -0.2) is 4.68 Å². The molecule has 1 saturated heterocycles. The number of aromatic nitrogens is 3. The fourth-order valence-electron chi connectivity index (χ4n) is 3.34. The van der Waals surface area contributed by atoms with Gasteiger partial charge in [0.15, 0.2) is 17.2 Å². The van der Waals surface area contributed by atoms with Gasteiger partial charge in [0.1, 0.15) is 0 Å². The Labute approximate surface area is 176 Å². The first-order valence-corrected chi connectivity index (χ1v) is 9.30. The predicted molar refractivity (Wildman–Crippen MR) is 110 cm³/mol. The molecule has 9 nitrogen and oxygen atoms in total. The molecule has 1 aliphatic rings. The number of hydrogen-bond acceptors (Lipinski definition) is 7. The number of amides is 1. The van der Waals surface area contributed by atoms with Gasteiger partial charge in [-0.05, 0) is 50.6 Å². The average molecular weight is 426 g/mol. The summed E-state index contributed by atoms with van der Waals surface area (Å²) in [5.74, 6) is 1.31. The van der Waals surface area contributed by atoms with E-state index in [0.29, 0.717) is 22.9 Å². The van der Waals surface area contributed by atoms with Gasteiger partial charge in [0.05, 0.1) is 39.6 Å². The third-order valence-electron chi connectivity index (χ3n) is 4.96. The van der Waals surface area contributed by atoms with Crippen LogP contribution in [0.3, 0.4) is 0 Å². The summed E-state index contributed by atoms with van der Waals surface area (Å²) in [6.07, 6.45) is 3.67. The number of hydrogen-bond donors (Lipinski definition) is 2. The van der Waals surface area contributed by atoms with Gasteiger partial charge in [-0.1, -0.05) is 5.21 Å². The molecule has 0 bridgehead atoms. The summed E-state index contributed by atoms with van der Waals surface area (Å²) in [5, 5.41) is 14.4. The molecular formula is C19H28ClN5O4. The van der Waals surface area contributed by atoms with E-state index >= 15 is 0 Å². The standard InChI is InChI=1S/C19H27N5O4.ClH/c1-12(13-9-16(26-2)18(28-4)17(10-13)27-3)21-19(25)15-11-24(23-22-15)14-5-7-20-8-6-14;/h9-12,14,20H,5-8H2,1-4H3,(H,21,25);1H. The van der Waals surface area contributed by atoms with Crippen LogP contribution in [-0.4, -0.2) is 55.3 Å². The van der Waals surface area contributed by atoms with Crippen LogP contribution in [0.25, 0.3) is 0 Å². The molecule has 2 heterocycles. The van der Waals surface area contributed by atoms with Crippen LogP contribution in [0, 0.1) is 0 Å². The van der Waals surface area contributed by atoms with Gasteiger partial charge in [0.25, 0.3) is 5.91 Å². The molecule has 1 fully saturated rings. The first-order chi connectivity index (χ1) is 13.6. The van der Waals surface area contributed by atoms with E-state index in [9.17, 15) is 4.79 Å². The molecular weight excluding hydrogens is 398 g/mol. The van der Waals surface area contributed by atoms with Crippen LogP contribution in [0.15, 0.2) is 18.3 Å². The molecule has 1 aliphatic heterocycles. The van der Waals surface area contributed by atoms with Gasteiger partial charge in [-0.3, -0.25) is 4.79 Å². The SMILES string of the molecule is COc1cc(C(C)NC(=O)c2cn(C3CCNCC3)nn2)cc(OC)c1OC.Cl. The molecule has 29 heavy (non-hydrogen) atoms. The third-order valence-corrected chi connectivity index (χ3v) is 4.96. The lowest BCUT2D eigenvalue weighted by Gasteiger charge is -2.22. The molecule has 0 spiro atoms. The molecule has 1 aromatic carbocycles. The number of nitrogens with one attached hydrogen (secondary N) is 2. The maximum Gasteiger partial charge on any atom is 0.273 e. The summed E-state index contributed by atoms with van der Waals surface area (Å²) >= 11 is 0. The molecule has 2 N–H and O–H groups in total. The van der Waals surface area contributed by atoms with Gasteiger partial charge in [-0.15, -0.1) is 17.5 Å². The highest BCUT2D eigenvalue weighted by molar-refractivity contribution is 5.92. The monoisotopic (exact) mass is 425 g/mol. The topological polar surface area (TPSA) is 99.5 Å². The molecule has 1 unspecified atom stereocenters. The van der Waals surface area contributed by atoms with Gasteiger partial charge in [0.2, 0.25) is 5.75 Å². The normalized spacial score (nSPS) is 15.2. The summed E-state index contributed by atoms with van der Waals surface area (Å²) in [5.41, 5.74) is 1.13. The highest BCUT2D eigenvalue weighted by Gasteiger charge is 2.21. The summed E-state index contributed by atoms with van der Waals surface area (Å²) in [4.78, 5) is 12.6. The Hall–Kier alpha value is -2.52. The minimum absolute atomic E-state index is 0. The van der Waals surface area contributed by atoms with E-state index in [1.165, 1.54) is 0 Å². The van der Waals surface area contributed by atoms with E-state index in [-0.39, 0.29) is 30.4 Å². The Morgan fingerprint density at radius 1 is 1.17 bits per heavy atom. The Balaban J connectivity index is 0.00000300. The van der Waals surface area contributed by atoms with Crippen molar-refractivity contribution in [2.24, 2.45) is 0 Å². The Morgan fingerprint density at radius 3 is 2.34 bits per heavy atom. The Bertz CT molecular complexity index is 798. The summed E-state index contributed by atoms with van der Waals surface area (Å²) in [6, 6.07) is 3.63. The van der Waals surface area contributed by atoms with Crippen molar-refractivity contribution in [3.05, 3.63) is 29.6 Å². The Morgan fingerprint density at radius 2 is 1.79 bits per heavy atom. The molecule has 0 radical (unpaired) electrons. The van der Waals surface area contributed by atoms with Crippen LogP contribution >= 0.6 is 12.4 Å². The summed E-state index contributed by atoms with van der Waals surface area (Å²) in [7, 11) is 4.67. The maximum absolute atomic E-state index is 12.6. The van der Waals surface area contributed by atoms with Gasteiger partial charge in [-0.2, -0.15) is 0 Å². The van der Waals surface area contributed by atoms with Gasteiger partial charge in [0, 0.05) is 0 Å². The lowest BCUT2D eigenvalue weighted by Crippen LogP contribution is -2.29. The van der Waals surface area contributed by atoms with Crippen molar-refractivity contribution in [2.75, 3.05) is 34.4 Å². The Kier molecular flexibility index (Phi) is 8.10. The van der Waals surface area contributed by atoms with E-state index in [4.69, 9.17) is 14.2 Å². The molecule has 160 valence electrons. The van der Waals surface area contributed by atoms with Crippen molar-refractivity contribution in [1.82, 2.24) is 25.6 Å². The lowest BCUT2D eigenvalue weighted by atomic mass is 10.1. The van der Waals surface area contributed by atoms with E-state index < -0.39 is 0 Å². The highest BCUT2D eigenvalue weighted by atomic mass is 35.5. The molecule has 1 atom stereocenters. The lowest BCUT2D eigenvalue weighted by molar-refractivity contribution is 0.0934. The number of benzene rings is 1. The number of carbonyl (C=O) groups is 1. The minimum Gasteiger partial charge on any atom is -0.493 e. The zero-order chi connectivity index (χ0) is 20.1. The van der Waals surface area contributed by atoms with Crippen LogP contribution in [0.5, 0.6) is 17.2 Å². The van der Waals surface area contributed by atoms with E-state index in [0.717, 1.165) is 31.5 Å². The van der Waals surface area contributed by atoms with Crippen LogP contribution in [0.2, 0.25) is 0 Å². The third kappa shape index (κ3) is 5.10. The van der Waals surface area contributed by atoms with Crippen molar-refractivity contribution >= 4 is 18.3 Å². The number of rotatable bonds is 7. The van der Waals surface area contributed by atoms with Crippen molar-refractivity contribution in [3.8, 4) is 17.2 Å². The number of ether oxygens (including phenoxy) is 3. The number of carbonyl (C=O) groups excluding carboxylic acids is 1. The molecule has 0 aliphatic carbocycles. The maximum atomic E-state index is 12.6. The van der Waals surface area contributed by atoms with E-state index in [1.807, 2.05) is 19.1 Å². The largest absolute Gasteiger partial charge is 0.493 e.